The van der Waals surface area contributed by atoms with Gasteiger partial charge in [-0.05, 0) is 22.6 Å². The van der Waals surface area contributed by atoms with Gasteiger partial charge in [-0.1, -0.05) is 0 Å². The maximum Gasteiger partial charge on any atom is 0.573 e. The van der Waals surface area contributed by atoms with Gasteiger partial charge in [-0.15, -0.1) is 13.2 Å². The first-order chi connectivity index (χ1) is 6.83. The number of H-pyrrole nitrogens is 1. The van der Waals surface area contributed by atoms with E-state index < -0.39 is 17.7 Å². The minimum atomic E-state index is -4.80. The molecule has 0 aliphatic carbocycles. The van der Waals surface area contributed by atoms with Crippen LogP contribution in [0, 0.1) is 3.57 Å². The topological polar surface area (TPSA) is 68.1 Å². The summed E-state index contributed by atoms with van der Waals surface area (Å²) in [5.41, 5.74) is 4.59. The average molecular weight is 334 g/mol. The summed E-state index contributed by atoms with van der Waals surface area (Å²) in [5, 5.41) is 0. The maximum atomic E-state index is 12.0. The SMILES string of the molecule is NCc1[nH]c(=O)cc(I)c1OC(F)(F)F. The third-order valence-corrected chi connectivity index (χ3v) is 2.25. The minimum absolute atomic E-state index is 0.0640. The van der Waals surface area contributed by atoms with E-state index in [1.807, 2.05) is 0 Å². The Labute approximate surface area is 95.8 Å². The predicted octanol–water partition coefficient (Wildman–Crippen LogP) is 1.34. The normalized spacial score (nSPS) is 11.5. The Bertz CT molecular complexity index is 416. The second-order valence-corrected chi connectivity index (χ2v) is 3.70. The van der Waals surface area contributed by atoms with Crippen LogP contribution in [0.1, 0.15) is 5.69 Å². The van der Waals surface area contributed by atoms with Crippen LogP contribution in [0.25, 0.3) is 0 Å². The van der Waals surface area contributed by atoms with Crippen LogP contribution >= 0.6 is 22.6 Å². The van der Waals surface area contributed by atoms with Crippen molar-refractivity contribution in [1.82, 2.24) is 4.98 Å². The zero-order chi connectivity index (χ0) is 11.6. The zero-order valence-corrected chi connectivity index (χ0v) is 9.35. The van der Waals surface area contributed by atoms with E-state index in [-0.39, 0.29) is 15.8 Å². The molecule has 3 N–H and O–H groups in total. The van der Waals surface area contributed by atoms with Gasteiger partial charge in [0.1, 0.15) is 0 Å². The van der Waals surface area contributed by atoms with Crippen molar-refractivity contribution in [2.75, 3.05) is 0 Å². The molecule has 0 unspecified atom stereocenters. The molecule has 84 valence electrons. The molecular formula is C7H6F3IN2O2. The molecule has 0 aliphatic heterocycles. The lowest BCUT2D eigenvalue weighted by atomic mass is 10.3. The first-order valence-electron chi connectivity index (χ1n) is 3.71. The Hall–Kier alpha value is -0.770. The Morgan fingerprint density at radius 3 is 2.60 bits per heavy atom. The van der Waals surface area contributed by atoms with Gasteiger partial charge in [-0.25, -0.2) is 0 Å². The van der Waals surface area contributed by atoms with E-state index in [1.165, 1.54) is 0 Å². The molecule has 8 heteroatoms. The van der Waals surface area contributed by atoms with E-state index in [2.05, 4.69) is 9.72 Å². The molecule has 1 aromatic heterocycles. The van der Waals surface area contributed by atoms with Gasteiger partial charge in [-0.2, -0.15) is 0 Å². The van der Waals surface area contributed by atoms with Crippen molar-refractivity contribution in [3.63, 3.8) is 0 Å². The number of alkyl halides is 3. The number of halogens is 4. The van der Waals surface area contributed by atoms with E-state index in [0.717, 1.165) is 6.07 Å². The molecule has 0 aromatic carbocycles. The third kappa shape index (κ3) is 3.38. The molecule has 1 aromatic rings. The van der Waals surface area contributed by atoms with Crippen LogP contribution in [-0.4, -0.2) is 11.3 Å². The van der Waals surface area contributed by atoms with Crippen LogP contribution < -0.4 is 16.0 Å². The molecule has 15 heavy (non-hydrogen) atoms. The van der Waals surface area contributed by atoms with Gasteiger partial charge in [0, 0.05) is 12.6 Å². The number of aromatic amines is 1. The molecule has 0 amide bonds. The summed E-state index contributed by atoms with van der Waals surface area (Å²) in [5.74, 6) is -0.454. The van der Waals surface area contributed by atoms with Crippen LogP contribution in [0.3, 0.4) is 0 Å². The summed E-state index contributed by atoms with van der Waals surface area (Å²) in [4.78, 5) is 13.1. The Morgan fingerprint density at radius 2 is 2.13 bits per heavy atom. The van der Waals surface area contributed by atoms with Gasteiger partial charge in [0.2, 0.25) is 5.56 Å². The molecule has 1 heterocycles. The molecule has 0 bridgehead atoms. The fourth-order valence-electron chi connectivity index (χ4n) is 0.936. The summed E-state index contributed by atoms with van der Waals surface area (Å²) in [6.45, 7) is -0.239. The maximum absolute atomic E-state index is 12.0. The van der Waals surface area contributed by atoms with Crippen molar-refractivity contribution in [2.24, 2.45) is 5.73 Å². The lowest BCUT2D eigenvalue weighted by Gasteiger charge is -2.13. The summed E-state index contributed by atoms with van der Waals surface area (Å²) in [6, 6.07) is 1.00. The summed E-state index contributed by atoms with van der Waals surface area (Å²) >= 11 is 1.57. The number of nitrogens with one attached hydrogen (secondary N) is 1. The summed E-state index contributed by atoms with van der Waals surface area (Å²) in [6.07, 6.45) is -4.80. The van der Waals surface area contributed by atoms with Crippen molar-refractivity contribution in [3.8, 4) is 5.75 Å². The summed E-state index contributed by atoms with van der Waals surface area (Å²) < 4.78 is 39.8. The number of hydrogen-bond acceptors (Lipinski definition) is 3. The van der Waals surface area contributed by atoms with Gasteiger partial charge in [-0.3, -0.25) is 4.79 Å². The van der Waals surface area contributed by atoms with Gasteiger partial charge in [0.05, 0.1) is 9.26 Å². The fraction of sp³-hybridized carbons (Fsp3) is 0.286. The van der Waals surface area contributed by atoms with Crippen LogP contribution in [0.5, 0.6) is 5.75 Å². The number of nitrogens with two attached hydrogens (primary N) is 1. The predicted molar refractivity (Wildman–Crippen MR) is 54.4 cm³/mol. The van der Waals surface area contributed by atoms with E-state index in [9.17, 15) is 18.0 Å². The van der Waals surface area contributed by atoms with Crippen LogP contribution in [0.4, 0.5) is 13.2 Å². The number of aromatic nitrogens is 1. The van der Waals surface area contributed by atoms with E-state index in [4.69, 9.17) is 5.73 Å². The first kappa shape index (κ1) is 12.3. The van der Waals surface area contributed by atoms with Crippen molar-refractivity contribution in [1.29, 1.82) is 0 Å². The second kappa shape index (κ2) is 4.39. The van der Waals surface area contributed by atoms with Gasteiger partial charge in [0.25, 0.3) is 0 Å². The Balaban J connectivity index is 3.21. The highest BCUT2D eigenvalue weighted by molar-refractivity contribution is 14.1. The van der Waals surface area contributed by atoms with E-state index >= 15 is 0 Å². The number of rotatable bonds is 2. The van der Waals surface area contributed by atoms with Crippen molar-refractivity contribution < 1.29 is 17.9 Å². The van der Waals surface area contributed by atoms with E-state index in [1.54, 1.807) is 22.6 Å². The van der Waals surface area contributed by atoms with Crippen molar-refractivity contribution in [2.45, 2.75) is 12.9 Å². The average Bonchev–Trinajstić information content (AvgIpc) is 2.07. The van der Waals surface area contributed by atoms with Crippen LogP contribution in [0.15, 0.2) is 10.9 Å². The molecule has 0 aliphatic rings. The largest absolute Gasteiger partial charge is 0.573 e. The second-order valence-electron chi connectivity index (χ2n) is 2.54. The summed E-state index contributed by atoms with van der Waals surface area (Å²) in [7, 11) is 0. The van der Waals surface area contributed by atoms with Crippen LogP contribution in [0.2, 0.25) is 0 Å². The van der Waals surface area contributed by atoms with Crippen LogP contribution in [-0.2, 0) is 6.54 Å². The third-order valence-electron chi connectivity index (χ3n) is 1.44. The molecule has 4 nitrogen and oxygen atoms in total. The fourth-order valence-corrected chi connectivity index (χ4v) is 1.65. The molecule has 0 radical (unpaired) electrons. The van der Waals surface area contributed by atoms with Gasteiger partial charge < -0.3 is 15.5 Å². The highest BCUT2D eigenvalue weighted by atomic mass is 127. The molecular weight excluding hydrogens is 328 g/mol. The van der Waals surface area contributed by atoms with Gasteiger partial charge in [0.15, 0.2) is 5.75 Å². The van der Waals surface area contributed by atoms with E-state index in [0.29, 0.717) is 0 Å². The molecule has 1 rings (SSSR count). The zero-order valence-electron chi connectivity index (χ0n) is 7.19. The lowest BCUT2D eigenvalue weighted by Crippen LogP contribution is -2.22. The Kier molecular flexibility index (Phi) is 3.60. The highest BCUT2D eigenvalue weighted by Crippen LogP contribution is 2.28. The smallest absolute Gasteiger partial charge is 0.403 e. The van der Waals surface area contributed by atoms with Crippen molar-refractivity contribution >= 4 is 22.6 Å². The number of ether oxygens (including phenoxy) is 1. The quantitative estimate of drug-likeness (QED) is 0.802. The minimum Gasteiger partial charge on any atom is -0.403 e. The van der Waals surface area contributed by atoms with Crippen molar-refractivity contribution in [3.05, 3.63) is 25.7 Å². The standard InChI is InChI=1S/C7H6F3IN2O2/c8-7(9,10)15-6-3(11)1-5(14)13-4(6)2-12/h1H,2,12H2,(H,13,14). The Morgan fingerprint density at radius 1 is 1.53 bits per heavy atom. The number of hydrogen-bond donors (Lipinski definition) is 2. The molecule has 0 spiro atoms. The van der Waals surface area contributed by atoms with Gasteiger partial charge >= 0.3 is 6.36 Å². The monoisotopic (exact) mass is 334 g/mol. The molecule has 0 fully saturated rings. The molecule has 0 saturated heterocycles. The number of pyridine rings is 1. The first-order valence-corrected chi connectivity index (χ1v) is 4.79. The lowest BCUT2D eigenvalue weighted by molar-refractivity contribution is -0.275. The molecule has 0 atom stereocenters. The highest BCUT2D eigenvalue weighted by Gasteiger charge is 2.33. The molecule has 0 saturated carbocycles.